The van der Waals surface area contributed by atoms with E-state index in [1.165, 1.54) is 0 Å². The molecular formula is C15H20N2O2. The third kappa shape index (κ3) is 4.65. The van der Waals surface area contributed by atoms with E-state index < -0.39 is 6.10 Å². The number of carbonyl (C=O) groups is 1. The second-order valence-electron chi connectivity index (χ2n) is 4.33. The quantitative estimate of drug-likeness (QED) is 0.750. The van der Waals surface area contributed by atoms with E-state index in [0.29, 0.717) is 12.3 Å². The molecule has 1 atom stereocenters. The molecule has 102 valence electrons. The summed E-state index contributed by atoms with van der Waals surface area (Å²) >= 11 is 0. The van der Waals surface area contributed by atoms with Gasteiger partial charge in [-0.1, -0.05) is 23.6 Å². The Morgan fingerprint density at radius 1 is 1.58 bits per heavy atom. The lowest BCUT2D eigenvalue weighted by Gasteiger charge is -2.17. The van der Waals surface area contributed by atoms with Crippen molar-refractivity contribution in [1.82, 2.24) is 5.32 Å². The molecule has 0 radical (unpaired) electrons. The molecule has 3 N–H and O–H groups in total. The second kappa shape index (κ2) is 7.45. The number of amides is 1. The van der Waals surface area contributed by atoms with Crippen molar-refractivity contribution in [3.05, 3.63) is 29.3 Å². The first-order chi connectivity index (χ1) is 9.08. The summed E-state index contributed by atoms with van der Waals surface area (Å²) in [6.07, 6.45) is 5.22. The van der Waals surface area contributed by atoms with Crippen LogP contribution in [0.5, 0.6) is 5.75 Å². The Morgan fingerprint density at radius 3 is 2.95 bits per heavy atom. The fourth-order valence-electron chi connectivity index (χ4n) is 1.70. The van der Waals surface area contributed by atoms with Gasteiger partial charge in [-0.2, -0.15) is 0 Å². The zero-order valence-electron chi connectivity index (χ0n) is 11.4. The van der Waals surface area contributed by atoms with Crippen LogP contribution in [0.25, 0.3) is 0 Å². The van der Waals surface area contributed by atoms with Crippen LogP contribution >= 0.6 is 0 Å². The van der Waals surface area contributed by atoms with E-state index >= 15 is 0 Å². The highest BCUT2D eigenvalue weighted by Crippen LogP contribution is 2.21. The molecule has 0 fully saturated rings. The lowest BCUT2D eigenvalue weighted by Crippen LogP contribution is -2.36. The highest BCUT2D eigenvalue weighted by atomic mass is 16.5. The van der Waals surface area contributed by atoms with Crippen LogP contribution in [0, 0.1) is 19.3 Å². The molecular weight excluding hydrogens is 240 g/mol. The second-order valence-corrected chi connectivity index (χ2v) is 4.33. The van der Waals surface area contributed by atoms with Gasteiger partial charge < -0.3 is 15.8 Å². The Kier molecular flexibility index (Phi) is 5.91. The SMILES string of the molecule is C#CCNC(=O)C(C)Oc1ccc(C)cc1CCN. The topological polar surface area (TPSA) is 64.3 Å². The molecule has 1 rings (SSSR count). The molecule has 0 spiro atoms. The summed E-state index contributed by atoms with van der Waals surface area (Å²) in [6, 6.07) is 5.83. The first-order valence-corrected chi connectivity index (χ1v) is 6.26. The van der Waals surface area contributed by atoms with Gasteiger partial charge in [0.05, 0.1) is 6.54 Å². The van der Waals surface area contributed by atoms with Gasteiger partial charge in [-0.15, -0.1) is 6.42 Å². The smallest absolute Gasteiger partial charge is 0.261 e. The molecule has 0 saturated heterocycles. The van der Waals surface area contributed by atoms with Crippen molar-refractivity contribution >= 4 is 5.91 Å². The summed E-state index contributed by atoms with van der Waals surface area (Å²) in [7, 11) is 0. The van der Waals surface area contributed by atoms with E-state index in [1.54, 1.807) is 6.92 Å². The van der Waals surface area contributed by atoms with Gasteiger partial charge >= 0.3 is 0 Å². The number of carbonyl (C=O) groups excluding carboxylic acids is 1. The van der Waals surface area contributed by atoms with Crippen LogP contribution in [0.3, 0.4) is 0 Å². The van der Waals surface area contributed by atoms with Crippen LogP contribution in [0.1, 0.15) is 18.1 Å². The maximum atomic E-state index is 11.7. The minimum atomic E-state index is -0.590. The maximum Gasteiger partial charge on any atom is 0.261 e. The van der Waals surface area contributed by atoms with E-state index in [-0.39, 0.29) is 12.5 Å². The predicted molar refractivity (Wildman–Crippen MR) is 75.9 cm³/mol. The highest BCUT2D eigenvalue weighted by molar-refractivity contribution is 5.80. The molecule has 0 aliphatic rings. The van der Waals surface area contributed by atoms with Crippen molar-refractivity contribution < 1.29 is 9.53 Å². The Balaban J connectivity index is 2.75. The van der Waals surface area contributed by atoms with Crippen LogP contribution in [-0.2, 0) is 11.2 Å². The molecule has 1 aromatic rings. The van der Waals surface area contributed by atoms with E-state index in [9.17, 15) is 4.79 Å². The van der Waals surface area contributed by atoms with E-state index in [1.807, 2.05) is 25.1 Å². The van der Waals surface area contributed by atoms with Gasteiger partial charge in [0.15, 0.2) is 6.10 Å². The molecule has 0 aromatic heterocycles. The molecule has 1 amide bonds. The number of hydrogen-bond acceptors (Lipinski definition) is 3. The monoisotopic (exact) mass is 260 g/mol. The number of hydrogen-bond donors (Lipinski definition) is 2. The first kappa shape index (κ1) is 15.1. The van der Waals surface area contributed by atoms with Crippen molar-refractivity contribution in [1.29, 1.82) is 0 Å². The normalized spacial score (nSPS) is 11.5. The molecule has 0 saturated carbocycles. The minimum Gasteiger partial charge on any atom is -0.481 e. The van der Waals surface area contributed by atoms with Crippen molar-refractivity contribution in [2.75, 3.05) is 13.1 Å². The van der Waals surface area contributed by atoms with Crippen LogP contribution in [-0.4, -0.2) is 25.1 Å². The number of benzene rings is 1. The number of rotatable bonds is 6. The summed E-state index contributed by atoms with van der Waals surface area (Å²) in [6.45, 7) is 4.44. The van der Waals surface area contributed by atoms with Crippen molar-refractivity contribution in [2.45, 2.75) is 26.4 Å². The van der Waals surface area contributed by atoms with Gasteiger partial charge in [-0.3, -0.25) is 4.79 Å². The molecule has 0 heterocycles. The molecule has 4 nitrogen and oxygen atoms in total. The number of terminal acetylenes is 1. The van der Waals surface area contributed by atoms with Gasteiger partial charge in [-0.05, 0) is 38.4 Å². The van der Waals surface area contributed by atoms with Crippen LogP contribution in [0.15, 0.2) is 18.2 Å². The van der Waals surface area contributed by atoms with E-state index in [0.717, 1.165) is 17.5 Å². The Labute approximate surface area is 114 Å². The average molecular weight is 260 g/mol. The Hall–Kier alpha value is -1.99. The summed E-state index contributed by atoms with van der Waals surface area (Å²) < 4.78 is 5.68. The van der Waals surface area contributed by atoms with Crippen molar-refractivity contribution in [3.63, 3.8) is 0 Å². The fraction of sp³-hybridized carbons (Fsp3) is 0.400. The van der Waals surface area contributed by atoms with Gasteiger partial charge in [0.2, 0.25) is 0 Å². The van der Waals surface area contributed by atoms with Crippen LogP contribution in [0.4, 0.5) is 0 Å². The lowest BCUT2D eigenvalue weighted by atomic mass is 10.1. The van der Waals surface area contributed by atoms with Gasteiger partial charge in [0, 0.05) is 0 Å². The largest absolute Gasteiger partial charge is 0.481 e. The zero-order chi connectivity index (χ0) is 14.3. The summed E-state index contributed by atoms with van der Waals surface area (Å²) in [5, 5.41) is 2.59. The molecule has 1 unspecified atom stereocenters. The first-order valence-electron chi connectivity index (χ1n) is 6.26. The van der Waals surface area contributed by atoms with E-state index in [4.69, 9.17) is 16.9 Å². The van der Waals surface area contributed by atoms with Gasteiger partial charge in [0.1, 0.15) is 5.75 Å². The van der Waals surface area contributed by atoms with E-state index in [2.05, 4.69) is 11.2 Å². The molecule has 0 aliphatic carbocycles. The number of aryl methyl sites for hydroxylation is 1. The molecule has 0 aliphatic heterocycles. The number of nitrogens with two attached hydrogens (primary N) is 1. The minimum absolute atomic E-state index is 0.204. The Morgan fingerprint density at radius 2 is 2.32 bits per heavy atom. The summed E-state index contributed by atoms with van der Waals surface area (Å²) in [4.78, 5) is 11.7. The molecule has 1 aromatic carbocycles. The van der Waals surface area contributed by atoms with Crippen molar-refractivity contribution in [3.8, 4) is 18.1 Å². The highest BCUT2D eigenvalue weighted by Gasteiger charge is 2.15. The van der Waals surface area contributed by atoms with Gasteiger partial charge in [0.25, 0.3) is 5.91 Å². The third-order valence-electron chi connectivity index (χ3n) is 2.67. The predicted octanol–water partition coefficient (Wildman–Crippen LogP) is 1.01. The molecule has 0 bridgehead atoms. The third-order valence-corrected chi connectivity index (χ3v) is 2.67. The molecule has 19 heavy (non-hydrogen) atoms. The van der Waals surface area contributed by atoms with Crippen molar-refractivity contribution in [2.24, 2.45) is 5.73 Å². The Bertz CT molecular complexity index is 478. The van der Waals surface area contributed by atoms with Gasteiger partial charge in [-0.25, -0.2) is 0 Å². The molecule has 4 heteroatoms. The number of nitrogens with one attached hydrogen (secondary N) is 1. The van der Waals surface area contributed by atoms with Crippen LogP contribution < -0.4 is 15.8 Å². The fourth-order valence-corrected chi connectivity index (χ4v) is 1.70. The maximum absolute atomic E-state index is 11.7. The standard InChI is InChI=1S/C15H20N2O2/c1-4-9-17-15(18)12(3)19-14-6-5-11(2)10-13(14)7-8-16/h1,5-6,10,12H,7-9,16H2,2-3H3,(H,17,18). The lowest BCUT2D eigenvalue weighted by molar-refractivity contribution is -0.127. The average Bonchev–Trinajstić information content (AvgIpc) is 2.39. The number of ether oxygens (including phenoxy) is 1. The zero-order valence-corrected chi connectivity index (χ0v) is 11.4. The van der Waals surface area contributed by atoms with Crippen LogP contribution in [0.2, 0.25) is 0 Å². The summed E-state index contributed by atoms with van der Waals surface area (Å²) in [5.74, 6) is 2.82. The summed E-state index contributed by atoms with van der Waals surface area (Å²) in [5.41, 5.74) is 7.73.